The maximum Gasteiger partial charge on any atom is 0.573 e. The van der Waals surface area contributed by atoms with Crippen LogP contribution in [0.1, 0.15) is 5.56 Å². The van der Waals surface area contributed by atoms with Crippen LogP contribution in [0.2, 0.25) is 0 Å². The van der Waals surface area contributed by atoms with Crippen LogP contribution in [0.25, 0.3) is 21.5 Å². The molecule has 0 unspecified atom stereocenters. The predicted molar refractivity (Wildman–Crippen MR) is 103 cm³/mol. The van der Waals surface area contributed by atoms with Gasteiger partial charge in [-0.05, 0) is 30.7 Å². The first-order chi connectivity index (χ1) is 13.8. The van der Waals surface area contributed by atoms with Gasteiger partial charge in [0.15, 0.2) is 4.80 Å². The molecule has 4 aromatic rings. The molecule has 1 N–H and O–H groups in total. The highest BCUT2D eigenvalue weighted by molar-refractivity contribution is 7.16. The molecule has 6 nitrogen and oxygen atoms in total. The number of fused-ring (bicyclic) bond motifs is 1. The van der Waals surface area contributed by atoms with Crippen molar-refractivity contribution in [2.24, 2.45) is 0 Å². The van der Waals surface area contributed by atoms with Crippen molar-refractivity contribution in [1.82, 2.24) is 19.6 Å². The normalized spacial score (nSPS) is 11.9. The molecule has 0 bridgehead atoms. The Labute approximate surface area is 167 Å². The molecule has 150 valence electrons. The summed E-state index contributed by atoms with van der Waals surface area (Å²) < 4.78 is 45.2. The van der Waals surface area contributed by atoms with Crippen LogP contribution in [-0.2, 0) is 13.1 Å². The first-order valence-electron chi connectivity index (χ1n) is 8.70. The van der Waals surface area contributed by atoms with E-state index in [2.05, 4.69) is 15.0 Å². The summed E-state index contributed by atoms with van der Waals surface area (Å²) in [5.74, 6) is -0.294. The van der Waals surface area contributed by atoms with E-state index in [4.69, 9.17) is 5.41 Å². The zero-order valence-corrected chi connectivity index (χ0v) is 16.1. The number of halogens is 3. The predicted octanol–water partition coefficient (Wildman–Crippen LogP) is 4.35. The Balaban J connectivity index is 1.54. The van der Waals surface area contributed by atoms with Gasteiger partial charge < -0.3 is 9.30 Å². The van der Waals surface area contributed by atoms with E-state index in [-0.39, 0.29) is 10.6 Å². The minimum absolute atomic E-state index is 0.239. The second kappa shape index (κ2) is 7.36. The molecule has 0 aliphatic carbocycles. The number of nitrogens with zero attached hydrogens (tertiary/aromatic N) is 4. The Bertz CT molecular complexity index is 1220. The molecule has 4 rings (SSSR count). The lowest BCUT2D eigenvalue weighted by Gasteiger charge is -2.09. The van der Waals surface area contributed by atoms with Crippen molar-refractivity contribution in [3.8, 4) is 17.0 Å². The molecule has 0 fully saturated rings. The fourth-order valence-electron chi connectivity index (χ4n) is 3.08. The minimum Gasteiger partial charge on any atom is -0.406 e. The van der Waals surface area contributed by atoms with Crippen molar-refractivity contribution in [3.05, 3.63) is 59.0 Å². The van der Waals surface area contributed by atoms with E-state index >= 15 is 0 Å². The first kappa shape index (κ1) is 19.2. The van der Waals surface area contributed by atoms with Gasteiger partial charge in [0.25, 0.3) is 0 Å². The summed E-state index contributed by atoms with van der Waals surface area (Å²) in [6, 6.07) is 12.0. The third kappa shape index (κ3) is 4.16. The van der Waals surface area contributed by atoms with Crippen LogP contribution in [0.15, 0.2) is 48.7 Å². The number of benzene rings is 2. The number of hydrogen-bond acceptors (Lipinski definition) is 5. The molecule has 0 saturated heterocycles. The number of thiazole rings is 1. The van der Waals surface area contributed by atoms with Gasteiger partial charge in [-0.25, -0.2) is 0 Å². The highest BCUT2D eigenvalue weighted by Crippen LogP contribution is 2.28. The summed E-state index contributed by atoms with van der Waals surface area (Å²) in [4.78, 5) is 0.239. The number of alkyl halides is 3. The number of nitrogens with one attached hydrogen (secondary N) is 1. The molecule has 0 saturated carbocycles. The van der Waals surface area contributed by atoms with Gasteiger partial charge >= 0.3 is 6.36 Å². The van der Waals surface area contributed by atoms with E-state index in [0.29, 0.717) is 23.3 Å². The van der Waals surface area contributed by atoms with Crippen molar-refractivity contribution in [2.45, 2.75) is 26.4 Å². The van der Waals surface area contributed by atoms with Crippen LogP contribution in [0, 0.1) is 12.3 Å². The molecule has 0 aliphatic rings. The minimum atomic E-state index is -4.74. The number of ether oxygens (including phenoxy) is 1. The Morgan fingerprint density at radius 1 is 1.14 bits per heavy atom. The second-order valence-electron chi connectivity index (χ2n) is 6.42. The SMILES string of the molecule is Cc1ccccc1-c1cn(CCn2c(=N)sc3cc(OC(F)(F)F)ccc32)nn1. The average Bonchev–Trinajstić information content (AvgIpc) is 3.22. The van der Waals surface area contributed by atoms with Crippen molar-refractivity contribution in [2.75, 3.05) is 0 Å². The number of rotatable bonds is 5. The third-order valence-corrected chi connectivity index (χ3v) is 5.38. The van der Waals surface area contributed by atoms with Gasteiger partial charge in [0, 0.05) is 12.1 Å². The number of aromatic nitrogens is 4. The molecule has 0 radical (unpaired) electrons. The van der Waals surface area contributed by atoms with E-state index in [9.17, 15) is 13.2 Å². The lowest BCUT2D eigenvalue weighted by atomic mass is 10.1. The topological polar surface area (TPSA) is 68.7 Å². The summed E-state index contributed by atoms with van der Waals surface area (Å²) in [6.45, 7) is 2.92. The molecule has 2 heterocycles. The van der Waals surface area contributed by atoms with Crippen LogP contribution >= 0.6 is 11.3 Å². The molecule has 2 aromatic carbocycles. The van der Waals surface area contributed by atoms with Crippen LogP contribution in [0.5, 0.6) is 5.75 Å². The van der Waals surface area contributed by atoms with Crippen LogP contribution in [0.4, 0.5) is 13.2 Å². The molecular formula is C19H16F3N5OS. The van der Waals surface area contributed by atoms with E-state index in [0.717, 1.165) is 28.2 Å². The molecule has 10 heteroatoms. The Kier molecular flexibility index (Phi) is 4.87. The van der Waals surface area contributed by atoms with E-state index in [1.807, 2.05) is 37.4 Å². The highest BCUT2D eigenvalue weighted by atomic mass is 32.1. The second-order valence-corrected chi connectivity index (χ2v) is 7.45. The number of aryl methyl sites for hydroxylation is 3. The molecule has 0 spiro atoms. The van der Waals surface area contributed by atoms with Gasteiger partial charge in [0.05, 0.1) is 23.0 Å². The standard InChI is InChI=1S/C19H16F3N5OS/c1-12-4-2-3-5-14(12)15-11-26(25-24-15)8-9-27-16-7-6-13(28-19(20,21)22)10-17(16)29-18(27)23/h2-7,10-11,23H,8-9H2,1H3. The van der Waals surface area contributed by atoms with Crippen molar-refractivity contribution >= 4 is 21.6 Å². The lowest BCUT2D eigenvalue weighted by Crippen LogP contribution is -2.17. The monoisotopic (exact) mass is 419 g/mol. The van der Waals surface area contributed by atoms with Gasteiger partial charge in [-0.15, -0.1) is 18.3 Å². The molecule has 29 heavy (non-hydrogen) atoms. The maximum atomic E-state index is 12.4. The van der Waals surface area contributed by atoms with Crippen LogP contribution < -0.4 is 9.54 Å². The Morgan fingerprint density at radius 3 is 2.69 bits per heavy atom. The van der Waals surface area contributed by atoms with Gasteiger partial charge in [-0.1, -0.05) is 40.8 Å². The molecule has 2 aromatic heterocycles. The van der Waals surface area contributed by atoms with E-state index in [1.165, 1.54) is 18.2 Å². The summed E-state index contributed by atoms with van der Waals surface area (Å²) in [5.41, 5.74) is 3.55. The van der Waals surface area contributed by atoms with Gasteiger partial charge in [-0.3, -0.25) is 10.1 Å². The molecule has 0 amide bonds. The largest absolute Gasteiger partial charge is 0.573 e. The molecule has 0 aliphatic heterocycles. The quantitative estimate of drug-likeness (QED) is 0.523. The summed E-state index contributed by atoms with van der Waals surface area (Å²) >= 11 is 1.10. The Hall–Kier alpha value is -3.14. The molecule has 0 atom stereocenters. The van der Waals surface area contributed by atoms with E-state index in [1.54, 1.807) is 9.25 Å². The smallest absolute Gasteiger partial charge is 0.406 e. The highest BCUT2D eigenvalue weighted by Gasteiger charge is 2.31. The van der Waals surface area contributed by atoms with Gasteiger partial charge in [0.1, 0.15) is 11.4 Å². The maximum absolute atomic E-state index is 12.4. The lowest BCUT2D eigenvalue weighted by molar-refractivity contribution is -0.274. The molecular weight excluding hydrogens is 403 g/mol. The van der Waals surface area contributed by atoms with Crippen molar-refractivity contribution in [3.63, 3.8) is 0 Å². The fraction of sp³-hybridized carbons (Fsp3) is 0.211. The summed E-state index contributed by atoms with van der Waals surface area (Å²) in [5, 5.41) is 16.5. The summed E-state index contributed by atoms with van der Waals surface area (Å²) in [7, 11) is 0. The number of hydrogen-bond donors (Lipinski definition) is 1. The zero-order chi connectivity index (χ0) is 20.6. The van der Waals surface area contributed by atoms with Gasteiger partial charge in [-0.2, -0.15) is 0 Å². The zero-order valence-electron chi connectivity index (χ0n) is 15.3. The van der Waals surface area contributed by atoms with Crippen LogP contribution in [0.3, 0.4) is 0 Å². The van der Waals surface area contributed by atoms with Gasteiger partial charge in [0.2, 0.25) is 0 Å². The first-order valence-corrected chi connectivity index (χ1v) is 9.52. The van der Waals surface area contributed by atoms with Crippen molar-refractivity contribution in [1.29, 1.82) is 5.41 Å². The van der Waals surface area contributed by atoms with E-state index < -0.39 is 6.36 Å². The summed E-state index contributed by atoms with van der Waals surface area (Å²) in [6.07, 6.45) is -2.90. The Morgan fingerprint density at radius 2 is 1.93 bits per heavy atom. The average molecular weight is 419 g/mol. The fourth-order valence-corrected chi connectivity index (χ4v) is 4.05. The van der Waals surface area contributed by atoms with Crippen molar-refractivity contribution < 1.29 is 17.9 Å². The third-order valence-electron chi connectivity index (χ3n) is 4.42. The van der Waals surface area contributed by atoms with Crippen LogP contribution in [-0.4, -0.2) is 25.9 Å².